The molecular weight excluding hydrogens is 406 g/mol. The van der Waals surface area contributed by atoms with Crippen molar-refractivity contribution in [1.29, 1.82) is 0 Å². The molecule has 0 aliphatic rings. The van der Waals surface area contributed by atoms with Crippen LogP contribution in [0.25, 0.3) is 10.2 Å². The largest absolute Gasteiger partial charge is 0.419 e. The number of benzene rings is 1. The number of nitrogens with zero attached hydrogens (tertiary/aromatic N) is 3. The SMILES string of the molecule is O=C(Cc1ccccc1)NC(=S)Nc1ccc(Oc2ncnc3ccsc23)nc1. The molecule has 3 aromatic heterocycles. The lowest BCUT2D eigenvalue weighted by Crippen LogP contribution is -2.35. The first-order valence-corrected chi connectivity index (χ1v) is 9.93. The van der Waals surface area contributed by atoms with Crippen LogP contribution >= 0.6 is 23.6 Å². The van der Waals surface area contributed by atoms with E-state index in [0.29, 0.717) is 17.4 Å². The van der Waals surface area contributed by atoms with E-state index in [-0.39, 0.29) is 17.4 Å². The van der Waals surface area contributed by atoms with E-state index in [1.165, 1.54) is 17.7 Å². The molecule has 144 valence electrons. The number of hydrogen-bond donors (Lipinski definition) is 2. The molecule has 0 radical (unpaired) electrons. The molecule has 4 rings (SSSR count). The Bertz CT molecular complexity index is 1150. The molecule has 0 saturated heterocycles. The van der Waals surface area contributed by atoms with Crippen molar-refractivity contribution in [2.45, 2.75) is 6.42 Å². The van der Waals surface area contributed by atoms with Gasteiger partial charge in [-0.05, 0) is 35.3 Å². The molecule has 7 nitrogen and oxygen atoms in total. The molecule has 0 bridgehead atoms. The van der Waals surface area contributed by atoms with Crippen molar-refractivity contribution in [3.8, 4) is 11.8 Å². The predicted molar refractivity (Wildman–Crippen MR) is 116 cm³/mol. The van der Waals surface area contributed by atoms with Gasteiger partial charge in [0.1, 0.15) is 11.0 Å². The van der Waals surface area contributed by atoms with E-state index in [4.69, 9.17) is 17.0 Å². The number of fused-ring (bicyclic) bond motifs is 1. The van der Waals surface area contributed by atoms with Gasteiger partial charge in [-0.1, -0.05) is 30.3 Å². The number of nitrogens with one attached hydrogen (secondary N) is 2. The van der Waals surface area contributed by atoms with Crippen LogP contribution in [0.4, 0.5) is 5.69 Å². The summed E-state index contributed by atoms with van der Waals surface area (Å²) in [5.74, 6) is 0.662. The first-order valence-electron chi connectivity index (χ1n) is 8.64. The second-order valence-corrected chi connectivity index (χ2v) is 7.29. The van der Waals surface area contributed by atoms with Gasteiger partial charge in [0.05, 0.1) is 23.8 Å². The summed E-state index contributed by atoms with van der Waals surface area (Å²) in [6.07, 6.45) is 3.28. The fraction of sp³-hybridized carbons (Fsp3) is 0.0500. The molecule has 4 aromatic rings. The molecule has 0 spiro atoms. The number of thiocarbonyl (C=S) groups is 1. The highest BCUT2D eigenvalue weighted by atomic mass is 32.1. The summed E-state index contributed by atoms with van der Waals surface area (Å²) in [6, 6.07) is 14.8. The van der Waals surface area contributed by atoms with Crippen molar-refractivity contribution < 1.29 is 9.53 Å². The Labute approximate surface area is 175 Å². The molecule has 0 aliphatic carbocycles. The van der Waals surface area contributed by atoms with Gasteiger partial charge in [0.25, 0.3) is 0 Å². The fourth-order valence-corrected chi connectivity index (χ4v) is 3.57. The minimum absolute atomic E-state index is 0.190. The Balaban J connectivity index is 1.34. The lowest BCUT2D eigenvalue weighted by atomic mass is 10.1. The van der Waals surface area contributed by atoms with Crippen LogP contribution in [0.3, 0.4) is 0 Å². The van der Waals surface area contributed by atoms with Crippen LogP contribution in [-0.4, -0.2) is 26.0 Å². The van der Waals surface area contributed by atoms with Crippen LogP contribution in [0.2, 0.25) is 0 Å². The number of hydrogen-bond acceptors (Lipinski definition) is 7. The van der Waals surface area contributed by atoms with Crippen LogP contribution in [-0.2, 0) is 11.2 Å². The molecule has 3 heterocycles. The zero-order valence-corrected chi connectivity index (χ0v) is 16.7. The normalized spacial score (nSPS) is 10.5. The van der Waals surface area contributed by atoms with E-state index < -0.39 is 0 Å². The predicted octanol–water partition coefficient (Wildman–Crippen LogP) is 3.93. The molecule has 1 amide bonds. The second-order valence-electron chi connectivity index (χ2n) is 5.97. The number of anilines is 1. The first kappa shape index (κ1) is 18.9. The van der Waals surface area contributed by atoms with Crippen LogP contribution < -0.4 is 15.4 Å². The number of carbonyl (C=O) groups is 1. The van der Waals surface area contributed by atoms with Crippen molar-refractivity contribution in [2.75, 3.05) is 5.32 Å². The van der Waals surface area contributed by atoms with Gasteiger partial charge < -0.3 is 15.4 Å². The average Bonchev–Trinajstić information content (AvgIpc) is 3.20. The molecule has 0 saturated carbocycles. The molecule has 2 N–H and O–H groups in total. The number of carbonyl (C=O) groups excluding carboxylic acids is 1. The smallest absolute Gasteiger partial charge is 0.242 e. The maximum absolute atomic E-state index is 12.1. The van der Waals surface area contributed by atoms with Gasteiger partial charge in [-0.15, -0.1) is 11.3 Å². The molecule has 29 heavy (non-hydrogen) atoms. The standard InChI is InChI=1S/C20H15N5O2S2/c26-16(10-13-4-2-1-3-5-13)25-20(28)24-14-6-7-17(21-11-14)27-19-18-15(8-9-29-18)22-12-23-19/h1-9,11-12H,10H2,(H2,24,25,26,28). The number of thiophene rings is 1. The molecule has 0 unspecified atom stereocenters. The van der Waals surface area contributed by atoms with E-state index in [2.05, 4.69) is 25.6 Å². The lowest BCUT2D eigenvalue weighted by molar-refractivity contribution is -0.119. The number of aromatic nitrogens is 3. The van der Waals surface area contributed by atoms with Gasteiger partial charge in [-0.25, -0.2) is 15.0 Å². The monoisotopic (exact) mass is 421 g/mol. The van der Waals surface area contributed by atoms with Crippen LogP contribution in [0.1, 0.15) is 5.56 Å². The van der Waals surface area contributed by atoms with Gasteiger partial charge in [0.2, 0.25) is 17.7 Å². The summed E-state index contributed by atoms with van der Waals surface area (Å²) < 4.78 is 6.62. The van der Waals surface area contributed by atoms with E-state index in [0.717, 1.165) is 15.8 Å². The third kappa shape index (κ3) is 4.89. The average molecular weight is 422 g/mol. The van der Waals surface area contributed by atoms with Gasteiger partial charge in [-0.3, -0.25) is 4.79 Å². The minimum Gasteiger partial charge on any atom is -0.419 e. The number of rotatable bonds is 5. The molecule has 0 fully saturated rings. The van der Waals surface area contributed by atoms with Crippen molar-refractivity contribution in [3.05, 3.63) is 72.0 Å². The summed E-state index contributed by atoms with van der Waals surface area (Å²) in [7, 11) is 0. The second kappa shape index (κ2) is 8.72. The highest BCUT2D eigenvalue weighted by Gasteiger charge is 2.09. The third-order valence-corrected chi connectivity index (χ3v) is 4.96. The molecule has 1 aromatic carbocycles. The van der Waals surface area contributed by atoms with Crippen molar-refractivity contribution in [3.63, 3.8) is 0 Å². The number of amides is 1. The topological polar surface area (TPSA) is 89.0 Å². The van der Waals surface area contributed by atoms with Crippen LogP contribution in [0, 0.1) is 0 Å². The summed E-state index contributed by atoms with van der Waals surface area (Å²) in [4.78, 5) is 24.7. The Morgan fingerprint density at radius 1 is 1.07 bits per heavy atom. The Morgan fingerprint density at radius 2 is 1.93 bits per heavy atom. The van der Waals surface area contributed by atoms with Crippen molar-refractivity contribution in [1.82, 2.24) is 20.3 Å². The molecule has 0 aliphatic heterocycles. The van der Waals surface area contributed by atoms with E-state index in [1.54, 1.807) is 18.3 Å². The zero-order valence-electron chi connectivity index (χ0n) is 15.0. The third-order valence-electron chi connectivity index (χ3n) is 3.87. The van der Waals surface area contributed by atoms with Crippen molar-refractivity contribution in [2.24, 2.45) is 0 Å². The fourth-order valence-electron chi connectivity index (χ4n) is 2.57. The molecule has 9 heteroatoms. The van der Waals surface area contributed by atoms with E-state index in [1.807, 2.05) is 41.8 Å². The quantitative estimate of drug-likeness (QED) is 0.472. The Kier molecular flexibility index (Phi) is 5.68. The minimum atomic E-state index is -0.190. The van der Waals surface area contributed by atoms with E-state index >= 15 is 0 Å². The summed E-state index contributed by atoms with van der Waals surface area (Å²) in [6.45, 7) is 0. The highest BCUT2D eigenvalue weighted by Crippen LogP contribution is 2.29. The summed E-state index contributed by atoms with van der Waals surface area (Å²) in [5.41, 5.74) is 2.38. The lowest BCUT2D eigenvalue weighted by Gasteiger charge is -2.10. The maximum Gasteiger partial charge on any atom is 0.242 e. The zero-order chi connectivity index (χ0) is 20.1. The maximum atomic E-state index is 12.1. The van der Waals surface area contributed by atoms with Gasteiger partial charge in [0, 0.05) is 6.07 Å². The highest BCUT2D eigenvalue weighted by molar-refractivity contribution is 7.80. The molecule has 0 atom stereocenters. The Morgan fingerprint density at radius 3 is 2.72 bits per heavy atom. The van der Waals surface area contributed by atoms with Crippen LogP contribution in [0.15, 0.2) is 66.4 Å². The summed E-state index contributed by atoms with van der Waals surface area (Å²) >= 11 is 6.70. The van der Waals surface area contributed by atoms with Gasteiger partial charge >= 0.3 is 0 Å². The molecular formula is C20H15N5O2S2. The van der Waals surface area contributed by atoms with Crippen molar-refractivity contribution >= 4 is 50.5 Å². The van der Waals surface area contributed by atoms with Crippen LogP contribution in [0.5, 0.6) is 11.8 Å². The first-order chi connectivity index (χ1) is 14.2. The van der Waals surface area contributed by atoms with Gasteiger partial charge in [0.15, 0.2) is 5.11 Å². The Hall–Kier alpha value is -3.43. The number of pyridine rings is 1. The van der Waals surface area contributed by atoms with Gasteiger partial charge in [-0.2, -0.15) is 0 Å². The van der Waals surface area contributed by atoms with E-state index in [9.17, 15) is 4.79 Å². The summed E-state index contributed by atoms with van der Waals surface area (Å²) in [5, 5.41) is 7.72. The number of ether oxygens (including phenoxy) is 1.